The summed E-state index contributed by atoms with van der Waals surface area (Å²) < 4.78 is 67.3. The molecule has 1 fully saturated rings. The molecule has 0 saturated carbocycles. The van der Waals surface area contributed by atoms with Crippen molar-refractivity contribution in [2.75, 3.05) is 36.4 Å². The zero-order valence-corrected chi connectivity index (χ0v) is 21.8. The van der Waals surface area contributed by atoms with Gasteiger partial charge in [-0.2, -0.15) is 18.4 Å². The molecule has 39 heavy (non-hydrogen) atoms. The molecule has 1 aliphatic rings. The number of hydrogen-bond donors (Lipinski definition) is 2. The van der Waals surface area contributed by atoms with Crippen LogP contribution in [-0.4, -0.2) is 55.1 Å². The summed E-state index contributed by atoms with van der Waals surface area (Å²) in [5.41, 5.74) is 0.0433. The highest BCUT2D eigenvalue weighted by molar-refractivity contribution is 6.31. The Labute approximate surface area is 227 Å². The largest absolute Gasteiger partial charge is 0.390 e. The summed E-state index contributed by atoms with van der Waals surface area (Å²) in [5.74, 6) is -4.10. The molecule has 13 heteroatoms. The van der Waals surface area contributed by atoms with Crippen molar-refractivity contribution in [1.29, 1.82) is 5.26 Å². The molecular formula is C26H27ClF5N5O2. The molecule has 0 aromatic heterocycles. The summed E-state index contributed by atoms with van der Waals surface area (Å²) in [4.78, 5) is 28.2. The number of carbonyl (C=O) groups is 2. The third-order valence-electron chi connectivity index (χ3n) is 6.29. The van der Waals surface area contributed by atoms with Gasteiger partial charge in [0.15, 0.2) is 11.6 Å². The maximum Gasteiger partial charge on any atom is 0.390 e. The third kappa shape index (κ3) is 8.28. The second-order valence-electron chi connectivity index (χ2n) is 9.16. The van der Waals surface area contributed by atoms with Gasteiger partial charge in [0.2, 0.25) is 5.91 Å². The first kappa shape index (κ1) is 30.1. The van der Waals surface area contributed by atoms with Crippen molar-refractivity contribution < 1.29 is 31.5 Å². The minimum atomic E-state index is -4.25. The van der Waals surface area contributed by atoms with Gasteiger partial charge < -0.3 is 15.5 Å². The molecule has 2 aromatic carbocycles. The van der Waals surface area contributed by atoms with Crippen LogP contribution >= 0.6 is 11.6 Å². The first-order valence-corrected chi connectivity index (χ1v) is 12.5. The van der Waals surface area contributed by atoms with E-state index in [0.717, 1.165) is 6.07 Å². The standard InChI is InChI=1S/C26H27ClF5N5O2/c1-16-15-36(10-8-26(30,31)32)11-12-37(16)21-13-18(27)5-7-20(21)35-25(39)19-6-4-17(23(28)24(19)29)14-34-22(38)3-2-9-33/h4-7,13,16H,2-3,8,10-12,14-15H2,1H3,(H,34,38)(H,35,39)/t16-/m0/s1. The van der Waals surface area contributed by atoms with Gasteiger partial charge in [0, 0.05) is 62.2 Å². The summed E-state index contributed by atoms with van der Waals surface area (Å²) in [6, 6.07) is 8.49. The predicted octanol–water partition coefficient (Wildman–Crippen LogP) is 5.25. The van der Waals surface area contributed by atoms with Crippen molar-refractivity contribution in [3.8, 4) is 6.07 Å². The number of nitrogens with zero attached hydrogens (tertiary/aromatic N) is 3. The minimum Gasteiger partial charge on any atom is -0.365 e. The van der Waals surface area contributed by atoms with E-state index in [1.54, 1.807) is 11.0 Å². The first-order chi connectivity index (χ1) is 18.4. The molecular weight excluding hydrogens is 545 g/mol. The van der Waals surface area contributed by atoms with Crippen molar-refractivity contribution in [1.82, 2.24) is 10.2 Å². The highest BCUT2D eigenvalue weighted by Gasteiger charge is 2.31. The van der Waals surface area contributed by atoms with Crippen LogP contribution in [0.5, 0.6) is 0 Å². The van der Waals surface area contributed by atoms with Crippen molar-refractivity contribution in [2.24, 2.45) is 0 Å². The van der Waals surface area contributed by atoms with E-state index in [1.165, 1.54) is 18.2 Å². The van der Waals surface area contributed by atoms with Crippen LogP contribution < -0.4 is 15.5 Å². The van der Waals surface area contributed by atoms with Crippen LogP contribution in [0.25, 0.3) is 0 Å². The Kier molecular flexibility index (Phi) is 10.1. The molecule has 1 saturated heterocycles. The van der Waals surface area contributed by atoms with Crippen LogP contribution in [0, 0.1) is 23.0 Å². The van der Waals surface area contributed by atoms with Gasteiger partial charge in [0.05, 0.1) is 29.4 Å². The fraction of sp³-hybridized carbons (Fsp3) is 0.423. The lowest BCUT2D eigenvalue weighted by Gasteiger charge is -2.42. The zero-order valence-electron chi connectivity index (χ0n) is 21.0. The number of nitrogens with one attached hydrogen (secondary N) is 2. The Morgan fingerprint density at radius 3 is 2.56 bits per heavy atom. The lowest BCUT2D eigenvalue weighted by molar-refractivity contribution is -0.138. The number of piperazine rings is 1. The predicted molar refractivity (Wildman–Crippen MR) is 136 cm³/mol. The smallest absolute Gasteiger partial charge is 0.365 e. The summed E-state index contributed by atoms with van der Waals surface area (Å²) in [5, 5.41) is 13.8. The van der Waals surface area contributed by atoms with E-state index in [-0.39, 0.29) is 43.2 Å². The molecule has 1 atom stereocenters. The number of nitriles is 1. The summed E-state index contributed by atoms with van der Waals surface area (Å²) in [6.45, 7) is 2.46. The molecule has 1 aliphatic heterocycles. The zero-order chi connectivity index (χ0) is 28.7. The SMILES string of the molecule is C[C@H]1CN(CCC(F)(F)F)CCN1c1cc(Cl)ccc1NC(=O)c1ccc(CNC(=O)CCC#N)c(F)c1F. The third-order valence-corrected chi connectivity index (χ3v) is 6.52. The molecule has 2 aromatic rings. The van der Waals surface area contributed by atoms with Gasteiger partial charge >= 0.3 is 6.18 Å². The van der Waals surface area contributed by atoms with Gasteiger partial charge in [-0.05, 0) is 31.2 Å². The second-order valence-corrected chi connectivity index (χ2v) is 9.60. The summed E-state index contributed by atoms with van der Waals surface area (Å²) >= 11 is 6.18. The lowest BCUT2D eigenvalue weighted by atomic mass is 10.1. The minimum absolute atomic E-state index is 0.0129. The van der Waals surface area contributed by atoms with Gasteiger partial charge in [-0.3, -0.25) is 14.5 Å². The average molecular weight is 572 g/mol. The van der Waals surface area contributed by atoms with Gasteiger partial charge in [-0.1, -0.05) is 17.7 Å². The molecule has 0 spiro atoms. The van der Waals surface area contributed by atoms with Crippen molar-refractivity contribution in [2.45, 2.75) is 44.9 Å². The number of benzene rings is 2. The number of hydrogen-bond acceptors (Lipinski definition) is 5. The molecule has 3 rings (SSSR count). The van der Waals surface area contributed by atoms with Crippen LogP contribution in [-0.2, 0) is 11.3 Å². The molecule has 0 aliphatic carbocycles. The summed E-state index contributed by atoms with van der Waals surface area (Å²) in [7, 11) is 0. The normalized spacial score (nSPS) is 16.1. The van der Waals surface area contributed by atoms with Gasteiger partial charge in [-0.15, -0.1) is 0 Å². The van der Waals surface area contributed by atoms with E-state index in [4.69, 9.17) is 16.9 Å². The maximum absolute atomic E-state index is 14.8. The molecule has 1 heterocycles. The van der Waals surface area contributed by atoms with Gasteiger partial charge in [-0.25, -0.2) is 8.78 Å². The van der Waals surface area contributed by atoms with Crippen molar-refractivity contribution in [3.05, 3.63) is 58.1 Å². The van der Waals surface area contributed by atoms with Crippen molar-refractivity contribution in [3.63, 3.8) is 0 Å². The molecule has 0 radical (unpaired) electrons. The number of amides is 2. The van der Waals surface area contributed by atoms with E-state index >= 15 is 0 Å². The van der Waals surface area contributed by atoms with Gasteiger partial charge in [0.1, 0.15) is 0 Å². The molecule has 210 valence electrons. The monoisotopic (exact) mass is 571 g/mol. The number of alkyl halides is 3. The van der Waals surface area contributed by atoms with E-state index < -0.39 is 41.6 Å². The fourth-order valence-electron chi connectivity index (χ4n) is 4.27. The maximum atomic E-state index is 14.8. The average Bonchev–Trinajstić information content (AvgIpc) is 2.87. The number of rotatable bonds is 9. The second kappa shape index (κ2) is 13.1. The molecule has 0 bridgehead atoms. The quantitative estimate of drug-likeness (QED) is 0.401. The highest BCUT2D eigenvalue weighted by atomic mass is 35.5. The molecule has 2 amide bonds. The van der Waals surface area contributed by atoms with Crippen LogP contribution in [0.15, 0.2) is 30.3 Å². The highest BCUT2D eigenvalue weighted by Crippen LogP contribution is 2.33. The first-order valence-electron chi connectivity index (χ1n) is 12.2. The topological polar surface area (TPSA) is 88.5 Å². The fourth-order valence-corrected chi connectivity index (χ4v) is 4.44. The van der Waals surface area contributed by atoms with Crippen LogP contribution in [0.1, 0.15) is 42.1 Å². The number of halogens is 6. The molecule has 2 N–H and O–H groups in total. The van der Waals surface area contributed by atoms with Crippen LogP contribution in [0.2, 0.25) is 5.02 Å². The van der Waals surface area contributed by atoms with Gasteiger partial charge in [0.25, 0.3) is 5.91 Å². The van der Waals surface area contributed by atoms with E-state index in [9.17, 15) is 31.5 Å². The van der Waals surface area contributed by atoms with E-state index in [1.807, 2.05) is 17.9 Å². The number of carbonyl (C=O) groups excluding carboxylic acids is 2. The number of anilines is 2. The Hall–Kier alpha value is -3.43. The molecule has 0 unspecified atom stereocenters. The van der Waals surface area contributed by atoms with E-state index in [2.05, 4.69) is 10.6 Å². The Balaban J connectivity index is 1.73. The Bertz CT molecular complexity index is 1250. The van der Waals surface area contributed by atoms with Crippen LogP contribution in [0.3, 0.4) is 0 Å². The van der Waals surface area contributed by atoms with Crippen LogP contribution in [0.4, 0.5) is 33.3 Å². The Morgan fingerprint density at radius 1 is 1.15 bits per heavy atom. The van der Waals surface area contributed by atoms with E-state index in [0.29, 0.717) is 30.3 Å². The van der Waals surface area contributed by atoms with Crippen molar-refractivity contribution >= 4 is 34.8 Å². The summed E-state index contributed by atoms with van der Waals surface area (Å²) in [6.07, 6.45) is -5.25. The Morgan fingerprint density at radius 2 is 1.90 bits per heavy atom. The lowest BCUT2D eigenvalue weighted by Crippen LogP contribution is -2.52. The molecule has 7 nitrogen and oxygen atoms in total.